The van der Waals surface area contributed by atoms with E-state index in [-0.39, 0.29) is 30.4 Å². The largest absolute Gasteiger partial charge is 0.508 e. The molecule has 5 N–H and O–H groups in total. The highest BCUT2D eigenvalue weighted by Crippen LogP contribution is 2.29. The fraction of sp³-hybridized carbons (Fsp3) is 0.267. The molecule has 0 saturated carbocycles. The van der Waals surface area contributed by atoms with Gasteiger partial charge in [0, 0.05) is 18.2 Å². The molecule has 9 heteroatoms. The molecule has 1 aromatic carbocycles. The first kappa shape index (κ1) is 14.7. The number of rotatable bonds is 3. The number of aromatic hydroxyl groups is 1. The molecule has 0 amide bonds. The minimum absolute atomic E-state index is 0.132. The number of nitrogens with one attached hydrogen (secondary N) is 1. The fourth-order valence-corrected chi connectivity index (χ4v) is 2.70. The number of imidazole rings is 1. The molecule has 124 valence electrons. The number of fused-ring (bicyclic) bond motifs is 1. The van der Waals surface area contributed by atoms with Crippen LogP contribution in [-0.4, -0.2) is 42.4 Å². The molecule has 0 unspecified atom stereocenters. The minimum Gasteiger partial charge on any atom is -0.508 e. The minimum atomic E-state index is -0.503. The highest BCUT2D eigenvalue weighted by molar-refractivity contribution is 5.83. The number of aliphatic hydroxyl groups excluding tert-OH is 1. The van der Waals surface area contributed by atoms with Crippen molar-refractivity contribution in [2.75, 3.05) is 17.7 Å². The first-order chi connectivity index (χ1) is 11.6. The van der Waals surface area contributed by atoms with Crippen molar-refractivity contribution in [3.63, 3.8) is 0 Å². The SMILES string of the molecule is Nc1nc(Nc2cccc(O)c2)nc2c1ncn2[C@H]1C[C@@H](O)CO1. The maximum absolute atomic E-state index is 9.65. The lowest BCUT2D eigenvalue weighted by atomic mass is 10.3. The number of phenolic OH excluding ortho intramolecular Hbond substituents is 1. The highest BCUT2D eigenvalue weighted by atomic mass is 16.5. The fourth-order valence-electron chi connectivity index (χ4n) is 2.70. The predicted molar refractivity (Wildman–Crippen MR) is 86.7 cm³/mol. The summed E-state index contributed by atoms with van der Waals surface area (Å²) in [5, 5.41) is 22.2. The number of anilines is 3. The third-order valence-corrected chi connectivity index (χ3v) is 3.82. The van der Waals surface area contributed by atoms with Crippen LogP contribution in [0.2, 0.25) is 0 Å². The van der Waals surface area contributed by atoms with E-state index < -0.39 is 6.10 Å². The summed E-state index contributed by atoms with van der Waals surface area (Å²) in [5.41, 5.74) is 7.60. The molecule has 2 aromatic heterocycles. The van der Waals surface area contributed by atoms with Crippen LogP contribution in [0.4, 0.5) is 17.5 Å². The van der Waals surface area contributed by atoms with Gasteiger partial charge in [-0.3, -0.25) is 4.57 Å². The molecule has 0 aliphatic carbocycles. The molecule has 4 rings (SSSR count). The van der Waals surface area contributed by atoms with E-state index in [0.717, 1.165) is 0 Å². The smallest absolute Gasteiger partial charge is 0.231 e. The molecule has 3 aromatic rings. The van der Waals surface area contributed by atoms with E-state index in [4.69, 9.17) is 10.5 Å². The normalized spacial score (nSPS) is 20.5. The van der Waals surface area contributed by atoms with Crippen molar-refractivity contribution in [3.8, 4) is 5.75 Å². The van der Waals surface area contributed by atoms with Gasteiger partial charge in [0.05, 0.1) is 19.0 Å². The number of benzene rings is 1. The van der Waals surface area contributed by atoms with Gasteiger partial charge in [-0.05, 0) is 12.1 Å². The molecule has 1 saturated heterocycles. The van der Waals surface area contributed by atoms with Crippen LogP contribution in [0.5, 0.6) is 5.75 Å². The third-order valence-electron chi connectivity index (χ3n) is 3.82. The summed E-state index contributed by atoms with van der Waals surface area (Å²) in [4.78, 5) is 12.9. The second kappa shape index (κ2) is 5.62. The van der Waals surface area contributed by atoms with Gasteiger partial charge in [-0.25, -0.2) is 4.98 Å². The van der Waals surface area contributed by atoms with Crippen molar-refractivity contribution in [1.29, 1.82) is 0 Å². The number of phenols is 1. The van der Waals surface area contributed by atoms with Crippen LogP contribution in [0.3, 0.4) is 0 Å². The zero-order valence-corrected chi connectivity index (χ0v) is 12.6. The van der Waals surface area contributed by atoms with Gasteiger partial charge in [0.25, 0.3) is 0 Å². The Morgan fingerprint density at radius 2 is 2.21 bits per heavy atom. The van der Waals surface area contributed by atoms with E-state index in [2.05, 4.69) is 20.3 Å². The number of nitrogen functional groups attached to an aromatic ring is 1. The Kier molecular flexibility index (Phi) is 3.44. The van der Waals surface area contributed by atoms with E-state index in [9.17, 15) is 10.2 Å². The Hall–Kier alpha value is -2.91. The molecule has 3 heterocycles. The molecule has 1 aliphatic heterocycles. The summed E-state index contributed by atoms with van der Waals surface area (Å²) in [5.74, 6) is 0.651. The van der Waals surface area contributed by atoms with Crippen molar-refractivity contribution in [1.82, 2.24) is 19.5 Å². The van der Waals surface area contributed by atoms with Gasteiger partial charge in [0.2, 0.25) is 5.95 Å². The van der Waals surface area contributed by atoms with Crippen molar-refractivity contribution in [3.05, 3.63) is 30.6 Å². The maximum Gasteiger partial charge on any atom is 0.231 e. The van der Waals surface area contributed by atoms with Gasteiger partial charge in [0.15, 0.2) is 11.5 Å². The molecule has 0 bridgehead atoms. The standard InChI is InChI=1S/C15H16N6O3/c16-13-12-14(21(7-17-12)11-5-10(23)6-24-11)20-15(19-13)18-8-2-1-3-9(22)4-8/h1-4,7,10-11,22-23H,5-6H2,(H3,16,18,19,20)/t10-,11-/m1/s1. The van der Waals surface area contributed by atoms with Crippen molar-refractivity contribution in [2.45, 2.75) is 18.8 Å². The van der Waals surface area contributed by atoms with Crippen molar-refractivity contribution in [2.24, 2.45) is 0 Å². The average Bonchev–Trinajstić information content (AvgIpc) is 3.13. The van der Waals surface area contributed by atoms with Crippen LogP contribution >= 0.6 is 0 Å². The Morgan fingerprint density at radius 1 is 1.33 bits per heavy atom. The molecule has 1 fully saturated rings. The van der Waals surface area contributed by atoms with E-state index >= 15 is 0 Å². The lowest BCUT2D eigenvalue weighted by Crippen LogP contribution is -2.09. The van der Waals surface area contributed by atoms with Gasteiger partial charge >= 0.3 is 0 Å². The van der Waals surface area contributed by atoms with Crippen molar-refractivity contribution >= 4 is 28.6 Å². The molecule has 0 spiro atoms. The summed E-state index contributed by atoms with van der Waals surface area (Å²) in [6.07, 6.45) is 1.20. The number of nitrogens with zero attached hydrogens (tertiary/aromatic N) is 4. The number of aromatic nitrogens is 4. The number of hydrogen-bond donors (Lipinski definition) is 4. The van der Waals surface area contributed by atoms with Gasteiger partial charge in [-0.15, -0.1) is 0 Å². The first-order valence-corrected chi connectivity index (χ1v) is 7.46. The van der Waals surface area contributed by atoms with E-state index in [1.54, 1.807) is 35.2 Å². The van der Waals surface area contributed by atoms with Crippen LogP contribution in [-0.2, 0) is 4.74 Å². The number of hydrogen-bond acceptors (Lipinski definition) is 8. The van der Waals surface area contributed by atoms with Gasteiger partial charge < -0.3 is 26.0 Å². The van der Waals surface area contributed by atoms with Crippen LogP contribution in [0, 0.1) is 0 Å². The average molecular weight is 328 g/mol. The highest BCUT2D eigenvalue weighted by Gasteiger charge is 2.27. The zero-order chi connectivity index (χ0) is 16.7. The van der Waals surface area contributed by atoms with Gasteiger partial charge in [-0.1, -0.05) is 6.07 Å². The number of aliphatic hydroxyl groups is 1. The van der Waals surface area contributed by atoms with Crippen LogP contribution in [0.1, 0.15) is 12.6 Å². The topological polar surface area (TPSA) is 131 Å². The first-order valence-electron chi connectivity index (χ1n) is 7.46. The maximum atomic E-state index is 9.65. The second-order valence-electron chi connectivity index (χ2n) is 5.61. The Balaban J connectivity index is 1.72. The Labute approximate surface area is 136 Å². The summed E-state index contributed by atoms with van der Waals surface area (Å²) >= 11 is 0. The molecular weight excluding hydrogens is 312 g/mol. The summed E-state index contributed by atoms with van der Waals surface area (Å²) in [7, 11) is 0. The Bertz CT molecular complexity index is 896. The lowest BCUT2D eigenvalue weighted by molar-refractivity contribution is 0.0502. The van der Waals surface area contributed by atoms with E-state index in [1.165, 1.54) is 0 Å². The predicted octanol–water partition coefficient (Wildman–Crippen LogP) is 1.14. The summed E-state index contributed by atoms with van der Waals surface area (Å²) in [6.45, 7) is 0.277. The number of ether oxygens (including phenoxy) is 1. The number of nitrogens with two attached hydrogens (primary N) is 1. The lowest BCUT2D eigenvalue weighted by Gasteiger charge is -2.12. The summed E-state index contributed by atoms with van der Waals surface area (Å²) in [6, 6.07) is 6.60. The van der Waals surface area contributed by atoms with Gasteiger partial charge in [-0.2, -0.15) is 9.97 Å². The summed E-state index contributed by atoms with van der Waals surface area (Å²) < 4.78 is 7.28. The molecule has 2 atom stereocenters. The van der Waals surface area contributed by atoms with E-state index in [0.29, 0.717) is 23.3 Å². The molecular formula is C15H16N6O3. The second-order valence-corrected chi connectivity index (χ2v) is 5.61. The Morgan fingerprint density at radius 3 is 2.96 bits per heavy atom. The van der Waals surface area contributed by atoms with Crippen LogP contribution in [0.25, 0.3) is 11.2 Å². The van der Waals surface area contributed by atoms with Crippen LogP contribution in [0.15, 0.2) is 30.6 Å². The zero-order valence-electron chi connectivity index (χ0n) is 12.6. The third kappa shape index (κ3) is 2.59. The van der Waals surface area contributed by atoms with Gasteiger partial charge in [0.1, 0.15) is 17.5 Å². The quantitative estimate of drug-likeness (QED) is 0.563. The molecule has 9 nitrogen and oxygen atoms in total. The van der Waals surface area contributed by atoms with Crippen molar-refractivity contribution < 1.29 is 14.9 Å². The van der Waals surface area contributed by atoms with E-state index in [1.807, 2.05) is 0 Å². The molecule has 1 aliphatic rings. The van der Waals surface area contributed by atoms with Crippen LogP contribution < -0.4 is 11.1 Å². The molecule has 0 radical (unpaired) electrons. The molecule has 24 heavy (non-hydrogen) atoms. The monoisotopic (exact) mass is 328 g/mol.